The van der Waals surface area contributed by atoms with Crippen LogP contribution in [0.4, 0.5) is 10.5 Å². The highest BCUT2D eigenvalue weighted by molar-refractivity contribution is 5.92. The molecule has 1 unspecified atom stereocenters. The highest BCUT2D eigenvalue weighted by atomic mass is 16.4. The zero-order chi connectivity index (χ0) is 15.3. The van der Waals surface area contributed by atoms with E-state index in [1.165, 1.54) is 4.90 Å². The predicted octanol–water partition coefficient (Wildman–Crippen LogP) is 1.28. The van der Waals surface area contributed by atoms with Gasteiger partial charge in [0, 0.05) is 25.7 Å². The Balaban J connectivity index is 2.57. The van der Waals surface area contributed by atoms with Gasteiger partial charge >= 0.3 is 12.0 Å². The third-order valence-corrected chi connectivity index (χ3v) is 3.00. The van der Waals surface area contributed by atoms with Gasteiger partial charge in [0.25, 0.3) is 0 Å². The molecule has 0 fully saturated rings. The molecular weight excluding hydrogens is 260 g/mol. The van der Waals surface area contributed by atoms with E-state index < -0.39 is 12.1 Å². The van der Waals surface area contributed by atoms with Crippen LogP contribution in [-0.2, 0) is 4.79 Å². The minimum Gasteiger partial charge on any atom is -0.479 e. The Hall–Kier alpha value is -2.08. The van der Waals surface area contributed by atoms with E-state index in [-0.39, 0.29) is 19.0 Å². The number of aryl methyl sites for hydroxylation is 2. The molecule has 2 amide bonds. The summed E-state index contributed by atoms with van der Waals surface area (Å²) in [5.41, 5.74) is 2.88. The number of hydrogen-bond donors (Lipinski definition) is 3. The van der Waals surface area contributed by atoms with Gasteiger partial charge in [-0.3, -0.25) is 4.90 Å². The van der Waals surface area contributed by atoms with Gasteiger partial charge in [0.2, 0.25) is 0 Å². The molecule has 0 radical (unpaired) electrons. The maximum Gasteiger partial charge on any atom is 0.332 e. The zero-order valence-electron chi connectivity index (χ0n) is 11.9. The van der Waals surface area contributed by atoms with Crippen molar-refractivity contribution in [1.29, 1.82) is 0 Å². The molecular formula is C14H20N2O4. The molecule has 0 spiro atoms. The van der Waals surface area contributed by atoms with Gasteiger partial charge in [-0.15, -0.1) is 0 Å². The Morgan fingerprint density at radius 3 is 2.55 bits per heavy atom. The molecule has 3 N–H and O–H groups in total. The number of anilines is 1. The van der Waals surface area contributed by atoms with Crippen molar-refractivity contribution in [3.63, 3.8) is 0 Å². The summed E-state index contributed by atoms with van der Waals surface area (Å²) in [4.78, 5) is 23.8. The van der Waals surface area contributed by atoms with Crippen LogP contribution in [0.2, 0.25) is 0 Å². The van der Waals surface area contributed by atoms with E-state index in [1.807, 2.05) is 32.0 Å². The number of aliphatic hydroxyl groups is 1. The largest absolute Gasteiger partial charge is 0.479 e. The molecule has 0 heterocycles. The van der Waals surface area contributed by atoms with Crippen LogP contribution in [0, 0.1) is 13.8 Å². The molecule has 0 aliphatic rings. The molecule has 6 heteroatoms. The third-order valence-electron chi connectivity index (χ3n) is 3.00. The van der Waals surface area contributed by atoms with Crippen molar-refractivity contribution in [2.24, 2.45) is 0 Å². The number of carbonyl (C=O) groups excluding carboxylic acids is 1. The summed E-state index contributed by atoms with van der Waals surface area (Å²) in [5, 5.41) is 20.2. The summed E-state index contributed by atoms with van der Waals surface area (Å²) in [5.74, 6) is -1.29. The quantitative estimate of drug-likeness (QED) is 0.758. The van der Waals surface area contributed by atoms with E-state index in [9.17, 15) is 9.59 Å². The molecule has 0 aromatic heterocycles. The minimum absolute atomic E-state index is 0.0260. The number of carboxylic acids is 1. The lowest BCUT2D eigenvalue weighted by Gasteiger charge is -2.20. The molecule has 0 saturated heterocycles. The molecule has 0 bridgehead atoms. The Morgan fingerprint density at radius 1 is 1.35 bits per heavy atom. The Kier molecular flexibility index (Phi) is 5.52. The highest BCUT2D eigenvalue weighted by Gasteiger charge is 2.15. The van der Waals surface area contributed by atoms with E-state index in [2.05, 4.69) is 5.32 Å². The van der Waals surface area contributed by atoms with Gasteiger partial charge in [-0.05, 0) is 25.5 Å². The number of aliphatic carboxylic acids is 1. The summed E-state index contributed by atoms with van der Waals surface area (Å²) in [6, 6.07) is 5.42. The van der Waals surface area contributed by atoms with Crippen molar-refractivity contribution in [3.8, 4) is 0 Å². The van der Waals surface area contributed by atoms with E-state index in [0.29, 0.717) is 0 Å². The fraction of sp³-hybridized carbons (Fsp3) is 0.429. The Labute approximate surface area is 118 Å². The van der Waals surface area contributed by atoms with Gasteiger partial charge in [-0.1, -0.05) is 17.7 Å². The maximum absolute atomic E-state index is 11.9. The van der Waals surface area contributed by atoms with Crippen LogP contribution in [0.3, 0.4) is 0 Å². The minimum atomic E-state index is -1.46. The van der Waals surface area contributed by atoms with Crippen LogP contribution in [0.15, 0.2) is 18.2 Å². The number of benzene rings is 1. The third kappa shape index (κ3) is 4.24. The summed E-state index contributed by atoms with van der Waals surface area (Å²) >= 11 is 0. The lowest BCUT2D eigenvalue weighted by molar-refractivity contribution is -0.146. The molecule has 110 valence electrons. The fourth-order valence-electron chi connectivity index (χ4n) is 1.85. The monoisotopic (exact) mass is 280 g/mol. The first-order chi connectivity index (χ1) is 9.32. The molecule has 1 rings (SSSR count). The number of nitrogens with zero attached hydrogens (tertiary/aromatic N) is 1. The van der Waals surface area contributed by atoms with Crippen molar-refractivity contribution in [1.82, 2.24) is 5.32 Å². The molecule has 1 atom stereocenters. The van der Waals surface area contributed by atoms with Crippen LogP contribution in [0.5, 0.6) is 0 Å². The summed E-state index contributed by atoms with van der Waals surface area (Å²) in [7, 11) is 1.64. The average molecular weight is 280 g/mol. The number of urea groups is 1. The Morgan fingerprint density at radius 2 is 2.00 bits per heavy atom. The molecule has 20 heavy (non-hydrogen) atoms. The second-order valence-electron chi connectivity index (χ2n) is 4.72. The smallest absolute Gasteiger partial charge is 0.332 e. The molecule has 1 aromatic rings. The van der Waals surface area contributed by atoms with Crippen molar-refractivity contribution in [3.05, 3.63) is 29.3 Å². The van der Waals surface area contributed by atoms with Crippen LogP contribution in [0.25, 0.3) is 0 Å². The predicted molar refractivity (Wildman–Crippen MR) is 76.0 cm³/mol. The SMILES string of the molecule is Cc1ccc(N(C)C(=O)NCCC(O)C(=O)O)c(C)c1. The standard InChI is InChI=1S/C14H20N2O4/c1-9-4-5-11(10(2)8-9)16(3)14(20)15-7-6-12(17)13(18)19/h4-5,8,12,17H,6-7H2,1-3H3,(H,15,20)(H,18,19). The number of rotatable bonds is 5. The van der Waals surface area contributed by atoms with E-state index in [0.717, 1.165) is 16.8 Å². The molecule has 1 aromatic carbocycles. The van der Waals surface area contributed by atoms with Crippen molar-refractivity contribution < 1.29 is 19.8 Å². The van der Waals surface area contributed by atoms with Crippen molar-refractivity contribution in [2.75, 3.05) is 18.5 Å². The molecule has 6 nitrogen and oxygen atoms in total. The van der Waals surface area contributed by atoms with Gasteiger partial charge < -0.3 is 15.5 Å². The molecule has 0 aliphatic heterocycles. The van der Waals surface area contributed by atoms with Gasteiger partial charge in [-0.25, -0.2) is 9.59 Å². The molecule has 0 saturated carbocycles. The van der Waals surface area contributed by atoms with Gasteiger partial charge in [0.1, 0.15) is 0 Å². The van der Waals surface area contributed by atoms with Crippen LogP contribution in [-0.4, -0.2) is 41.9 Å². The Bertz CT molecular complexity index is 502. The van der Waals surface area contributed by atoms with Gasteiger partial charge in [0.15, 0.2) is 6.10 Å². The number of hydrogen-bond acceptors (Lipinski definition) is 3. The number of carboxylic acid groups (broad SMARTS) is 1. The lowest BCUT2D eigenvalue weighted by Crippen LogP contribution is -2.39. The average Bonchev–Trinajstić information content (AvgIpc) is 2.37. The fourth-order valence-corrected chi connectivity index (χ4v) is 1.85. The molecule has 0 aliphatic carbocycles. The first-order valence-corrected chi connectivity index (χ1v) is 6.32. The number of carbonyl (C=O) groups is 2. The van der Waals surface area contributed by atoms with E-state index >= 15 is 0 Å². The topological polar surface area (TPSA) is 89.9 Å². The maximum atomic E-state index is 11.9. The summed E-state index contributed by atoms with van der Waals surface area (Å²) < 4.78 is 0. The van der Waals surface area contributed by atoms with E-state index in [4.69, 9.17) is 10.2 Å². The van der Waals surface area contributed by atoms with Crippen LogP contribution >= 0.6 is 0 Å². The first-order valence-electron chi connectivity index (χ1n) is 6.32. The number of aliphatic hydroxyl groups excluding tert-OH is 1. The van der Waals surface area contributed by atoms with Gasteiger partial charge in [0.05, 0.1) is 0 Å². The summed E-state index contributed by atoms with van der Waals surface area (Å²) in [6.45, 7) is 3.99. The van der Waals surface area contributed by atoms with E-state index in [1.54, 1.807) is 7.05 Å². The first kappa shape index (κ1) is 16.0. The number of amides is 2. The van der Waals surface area contributed by atoms with Crippen molar-refractivity contribution >= 4 is 17.7 Å². The van der Waals surface area contributed by atoms with Crippen LogP contribution in [0.1, 0.15) is 17.5 Å². The second kappa shape index (κ2) is 6.91. The summed E-state index contributed by atoms with van der Waals surface area (Å²) in [6.07, 6.45) is -1.48. The second-order valence-corrected chi connectivity index (χ2v) is 4.72. The lowest BCUT2D eigenvalue weighted by atomic mass is 10.1. The number of nitrogens with one attached hydrogen (secondary N) is 1. The van der Waals surface area contributed by atoms with Gasteiger partial charge in [-0.2, -0.15) is 0 Å². The zero-order valence-corrected chi connectivity index (χ0v) is 11.9. The van der Waals surface area contributed by atoms with Crippen molar-refractivity contribution in [2.45, 2.75) is 26.4 Å². The highest BCUT2D eigenvalue weighted by Crippen LogP contribution is 2.19. The van der Waals surface area contributed by atoms with Crippen LogP contribution < -0.4 is 10.2 Å². The normalized spacial score (nSPS) is 11.8.